The van der Waals surface area contributed by atoms with Gasteiger partial charge >= 0.3 is 17.9 Å². The number of hydrogen-bond acceptors (Lipinski definition) is 6. The van der Waals surface area contributed by atoms with Crippen molar-refractivity contribution in [1.82, 2.24) is 0 Å². The number of esters is 3. The molecule has 2 atom stereocenters. The molecule has 60 heavy (non-hydrogen) atoms. The van der Waals surface area contributed by atoms with E-state index in [0.29, 0.717) is 19.3 Å². The lowest BCUT2D eigenvalue weighted by Gasteiger charge is -2.18. The molecular weight excluding hydrogens is 745 g/mol. The summed E-state index contributed by atoms with van der Waals surface area (Å²) >= 11 is 0. The fourth-order valence-corrected chi connectivity index (χ4v) is 8.19. The third-order valence-corrected chi connectivity index (χ3v) is 12.7. The summed E-state index contributed by atoms with van der Waals surface area (Å²) in [5.41, 5.74) is 0. The van der Waals surface area contributed by atoms with E-state index >= 15 is 0 Å². The molecule has 0 aromatic rings. The van der Waals surface area contributed by atoms with Gasteiger partial charge in [-0.3, -0.25) is 14.4 Å². The van der Waals surface area contributed by atoms with E-state index in [1.807, 2.05) is 0 Å². The quantitative estimate of drug-likeness (QED) is 0.0345. The summed E-state index contributed by atoms with van der Waals surface area (Å²) in [6.45, 7) is 9.06. The molecule has 0 aliphatic carbocycles. The van der Waals surface area contributed by atoms with Gasteiger partial charge in [-0.15, -0.1) is 0 Å². The van der Waals surface area contributed by atoms with Crippen molar-refractivity contribution < 1.29 is 28.6 Å². The lowest BCUT2D eigenvalue weighted by Crippen LogP contribution is -2.30. The van der Waals surface area contributed by atoms with Crippen molar-refractivity contribution in [2.24, 2.45) is 5.92 Å². The topological polar surface area (TPSA) is 78.9 Å². The molecule has 0 amide bonds. The van der Waals surface area contributed by atoms with Crippen LogP contribution in [-0.4, -0.2) is 37.2 Å². The SMILES string of the molecule is CCCCCCCCCCCCCCCCCCC(=O)OC[C@@H](COC(=O)CCCCCCCCCCCCCC)OC(=O)CCCCCCCCCCCCC(C)CC. The lowest BCUT2D eigenvalue weighted by molar-refractivity contribution is -0.167. The van der Waals surface area contributed by atoms with Gasteiger partial charge in [0, 0.05) is 19.3 Å². The van der Waals surface area contributed by atoms with Crippen LogP contribution in [0.5, 0.6) is 0 Å². The second kappa shape index (κ2) is 48.4. The van der Waals surface area contributed by atoms with E-state index in [2.05, 4.69) is 27.7 Å². The van der Waals surface area contributed by atoms with Crippen LogP contribution in [0.3, 0.4) is 0 Å². The molecule has 0 aromatic carbocycles. The highest BCUT2D eigenvalue weighted by Gasteiger charge is 2.19. The van der Waals surface area contributed by atoms with Crippen LogP contribution in [0.1, 0.15) is 304 Å². The van der Waals surface area contributed by atoms with Crippen molar-refractivity contribution in [3.8, 4) is 0 Å². The zero-order valence-corrected chi connectivity index (χ0v) is 40.9. The Morgan fingerprint density at radius 1 is 0.333 bits per heavy atom. The molecule has 0 aliphatic heterocycles. The molecule has 6 nitrogen and oxygen atoms in total. The third kappa shape index (κ3) is 45.9. The minimum atomic E-state index is -0.761. The van der Waals surface area contributed by atoms with Gasteiger partial charge in [0.15, 0.2) is 6.10 Å². The number of rotatable bonds is 49. The Balaban J connectivity index is 4.30. The van der Waals surface area contributed by atoms with Crippen molar-refractivity contribution in [2.45, 2.75) is 310 Å². The van der Waals surface area contributed by atoms with Gasteiger partial charge in [-0.1, -0.05) is 265 Å². The molecule has 0 heterocycles. The van der Waals surface area contributed by atoms with Gasteiger partial charge in [0.2, 0.25) is 0 Å². The Hall–Kier alpha value is -1.59. The zero-order chi connectivity index (χ0) is 43.8. The summed E-state index contributed by atoms with van der Waals surface area (Å²) in [7, 11) is 0. The highest BCUT2D eigenvalue weighted by atomic mass is 16.6. The van der Waals surface area contributed by atoms with Crippen LogP contribution in [0.4, 0.5) is 0 Å². The number of carbonyl (C=O) groups is 3. The first-order valence-corrected chi connectivity index (χ1v) is 26.9. The van der Waals surface area contributed by atoms with Crippen molar-refractivity contribution in [2.75, 3.05) is 13.2 Å². The average Bonchev–Trinajstić information content (AvgIpc) is 3.25. The monoisotopic (exact) mass is 849 g/mol. The molecule has 0 spiro atoms. The second-order valence-corrected chi connectivity index (χ2v) is 18.8. The Bertz CT molecular complexity index is 905. The van der Waals surface area contributed by atoms with Crippen molar-refractivity contribution >= 4 is 17.9 Å². The Morgan fingerprint density at radius 2 is 0.583 bits per heavy atom. The molecule has 0 saturated heterocycles. The van der Waals surface area contributed by atoms with E-state index in [0.717, 1.165) is 63.7 Å². The number of hydrogen-bond donors (Lipinski definition) is 0. The minimum Gasteiger partial charge on any atom is -0.462 e. The zero-order valence-electron chi connectivity index (χ0n) is 40.9. The van der Waals surface area contributed by atoms with Crippen LogP contribution in [0, 0.1) is 5.92 Å². The fraction of sp³-hybridized carbons (Fsp3) is 0.944. The molecule has 6 heteroatoms. The standard InChI is InChI=1S/C54H104O6/c1-5-8-10-12-14-16-18-20-21-22-23-25-30-34-38-42-46-53(56)59-49-51(48-58-52(55)45-41-37-33-29-24-19-17-15-13-11-9-6-2)60-54(57)47-43-39-35-31-27-26-28-32-36-40-44-50(4)7-3/h50-51H,5-49H2,1-4H3/t50?,51-/m1/s1. The van der Waals surface area contributed by atoms with E-state index in [9.17, 15) is 14.4 Å². The molecule has 0 N–H and O–H groups in total. The largest absolute Gasteiger partial charge is 0.462 e. The Morgan fingerprint density at radius 3 is 0.867 bits per heavy atom. The molecule has 0 fully saturated rings. The van der Waals surface area contributed by atoms with E-state index in [1.165, 1.54) is 199 Å². The maximum absolute atomic E-state index is 12.8. The maximum Gasteiger partial charge on any atom is 0.306 e. The normalized spacial score (nSPS) is 12.4. The van der Waals surface area contributed by atoms with Gasteiger partial charge in [0.05, 0.1) is 0 Å². The molecule has 0 radical (unpaired) electrons. The summed E-state index contributed by atoms with van der Waals surface area (Å²) in [5.74, 6) is 0.0256. The second-order valence-electron chi connectivity index (χ2n) is 18.8. The number of ether oxygens (including phenoxy) is 3. The molecule has 356 valence electrons. The van der Waals surface area contributed by atoms with Gasteiger partial charge in [0.25, 0.3) is 0 Å². The predicted molar refractivity (Wildman–Crippen MR) is 257 cm³/mol. The molecule has 0 rings (SSSR count). The molecule has 0 aliphatic rings. The van der Waals surface area contributed by atoms with Crippen LogP contribution in [0.25, 0.3) is 0 Å². The summed E-state index contributed by atoms with van der Waals surface area (Å²) < 4.78 is 16.8. The minimum absolute atomic E-state index is 0.0626. The first-order valence-electron chi connectivity index (χ1n) is 26.9. The highest BCUT2D eigenvalue weighted by Crippen LogP contribution is 2.18. The van der Waals surface area contributed by atoms with Crippen LogP contribution in [0.15, 0.2) is 0 Å². The summed E-state index contributed by atoms with van der Waals surface area (Å²) in [6, 6.07) is 0. The van der Waals surface area contributed by atoms with Crippen LogP contribution < -0.4 is 0 Å². The van der Waals surface area contributed by atoms with E-state index in [-0.39, 0.29) is 31.1 Å². The Labute approximate surface area is 374 Å². The Kier molecular flexibility index (Phi) is 47.2. The van der Waals surface area contributed by atoms with Crippen molar-refractivity contribution in [3.63, 3.8) is 0 Å². The summed E-state index contributed by atoms with van der Waals surface area (Å²) in [4.78, 5) is 38.0. The number of carbonyl (C=O) groups excluding carboxylic acids is 3. The van der Waals surface area contributed by atoms with Gasteiger partial charge in [-0.05, 0) is 25.2 Å². The summed E-state index contributed by atoms with van der Waals surface area (Å²) in [6.07, 6.45) is 50.8. The van der Waals surface area contributed by atoms with Gasteiger partial charge < -0.3 is 14.2 Å². The lowest BCUT2D eigenvalue weighted by atomic mass is 9.99. The fourth-order valence-electron chi connectivity index (χ4n) is 8.19. The first-order chi connectivity index (χ1) is 29.4. The number of unbranched alkanes of at least 4 members (excludes halogenated alkanes) is 35. The smallest absolute Gasteiger partial charge is 0.306 e. The van der Waals surface area contributed by atoms with Gasteiger partial charge in [0.1, 0.15) is 13.2 Å². The van der Waals surface area contributed by atoms with Crippen LogP contribution in [0.2, 0.25) is 0 Å². The van der Waals surface area contributed by atoms with Gasteiger partial charge in [-0.2, -0.15) is 0 Å². The van der Waals surface area contributed by atoms with Crippen molar-refractivity contribution in [3.05, 3.63) is 0 Å². The molecule has 0 bridgehead atoms. The molecule has 1 unspecified atom stereocenters. The first kappa shape index (κ1) is 58.4. The molecule has 0 aromatic heterocycles. The maximum atomic E-state index is 12.8. The summed E-state index contributed by atoms with van der Waals surface area (Å²) in [5, 5.41) is 0. The van der Waals surface area contributed by atoms with E-state index < -0.39 is 6.10 Å². The van der Waals surface area contributed by atoms with Crippen LogP contribution >= 0.6 is 0 Å². The van der Waals surface area contributed by atoms with E-state index in [4.69, 9.17) is 14.2 Å². The molecule has 0 saturated carbocycles. The van der Waals surface area contributed by atoms with Crippen LogP contribution in [-0.2, 0) is 28.6 Å². The third-order valence-electron chi connectivity index (χ3n) is 12.7. The van der Waals surface area contributed by atoms with E-state index in [1.54, 1.807) is 0 Å². The van der Waals surface area contributed by atoms with Crippen molar-refractivity contribution in [1.29, 1.82) is 0 Å². The average molecular weight is 849 g/mol. The predicted octanol–water partition coefficient (Wildman–Crippen LogP) is 17.5. The molecular formula is C54H104O6. The van der Waals surface area contributed by atoms with Gasteiger partial charge in [-0.25, -0.2) is 0 Å². The highest BCUT2D eigenvalue weighted by molar-refractivity contribution is 5.71.